The molecule has 0 saturated heterocycles. The summed E-state index contributed by atoms with van der Waals surface area (Å²) in [7, 11) is 1.86. The maximum Gasteiger partial charge on any atom is 0.311 e. The molecule has 1 heterocycles. The quantitative estimate of drug-likeness (QED) is 0.694. The first-order chi connectivity index (χ1) is 6.11. The van der Waals surface area contributed by atoms with Gasteiger partial charge in [-0.15, -0.1) is 0 Å². The Morgan fingerprint density at radius 3 is 3.08 bits per heavy atom. The van der Waals surface area contributed by atoms with Crippen LogP contribution in [0.4, 0.5) is 0 Å². The van der Waals surface area contributed by atoms with Gasteiger partial charge in [0.15, 0.2) is 0 Å². The van der Waals surface area contributed by atoms with Crippen molar-refractivity contribution in [3.05, 3.63) is 17.5 Å². The van der Waals surface area contributed by atoms with E-state index in [0.29, 0.717) is 0 Å². The van der Waals surface area contributed by atoms with Gasteiger partial charge in [-0.25, -0.2) is 0 Å². The zero-order chi connectivity index (χ0) is 9.59. The Balaban J connectivity index is 2.46. The van der Waals surface area contributed by atoms with Crippen molar-refractivity contribution in [2.45, 2.75) is 19.3 Å². The summed E-state index contributed by atoms with van der Waals surface area (Å²) in [5, 5.41) is 13.1. The number of hydrogen-bond acceptors (Lipinski definition) is 2. The van der Waals surface area contributed by atoms with Gasteiger partial charge in [0, 0.05) is 18.3 Å². The van der Waals surface area contributed by atoms with Crippen LogP contribution in [0.2, 0.25) is 0 Å². The highest BCUT2D eigenvalue weighted by atomic mass is 16.4. The van der Waals surface area contributed by atoms with Gasteiger partial charge in [-0.3, -0.25) is 9.48 Å². The van der Waals surface area contributed by atoms with Crippen LogP contribution >= 0.6 is 0 Å². The minimum Gasteiger partial charge on any atom is -0.481 e. The summed E-state index contributed by atoms with van der Waals surface area (Å²) in [6.45, 7) is 1.97. The molecule has 1 N–H and O–H groups in total. The van der Waals surface area contributed by atoms with E-state index in [1.165, 1.54) is 0 Å². The third-order valence-electron chi connectivity index (χ3n) is 2.78. The van der Waals surface area contributed by atoms with Crippen molar-refractivity contribution in [1.29, 1.82) is 0 Å². The number of aliphatic carboxylic acids is 1. The molecule has 0 spiro atoms. The number of aromatic nitrogens is 2. The second-order valence-electron chi connectivity index (χ2n) is 3.67. The van der Waals surface area contributed by atoms with E-state index in [1.807, 2.05) is 14.0 Å². The fourth-order valence-corrected chi connectivity index (χ4v) is 2.10. The highest BCUT2D eigenvalue weighted by molar-refractivity contribution is 5.77. The number of fused-ring (bicyclic) bond motifs is 1. The molecular formula is C9H12N2O2. The van der Waals surface area contributed by atoms with Gasteiger partial charge in [0.1, 0.15) is 0 Å². The second-order valence-corrected chi connectivity index (χ2v) is 3.67. The standard InChI is InChI=1S/C9H12N2O2/c1-5-3-7-6(4-10-11(7)2)8(5)9(12)13/h4-5,8H,3H2,1-2H3,(H,12,13). The van der Waals surface area contributed by atoms with Crippen LogP contribution in [0.3, 0.4) is 0 Å². The second kappa shape index (κ2) is 2.58. The van der Waals surface area contributed by atoms with Gasteiger partial charge in [0.05, 0.1) is 12.1 Å². The first-order valence-corrected chi connectivity index (χ1v) is 4.35. The molecule has 0 saturated carbocycles. The van der Waals surface area contributed by atoms with Gasteiger partial charge < -0.3 is 5.11 Å². The van der Waals surface area contributed by atoms with E-state index in [1.54, 1.807) is 10.9 Å². The number of carboxylic acids is 1. The predicted octanol–water partition coefficient (Wildman–Crippen LogP) is 0.780. The van der Waals surface area contributed by atoms with Crippen LogP contribution in [0.15, 0.2) is 6.20 Å². The Kier molecular flexibility index (Phi) is 1.65. The lowest BCUT2D eigenvalue weighted by Crippen LogP contribution is -2.14. The Morgan fingerprint density at radius 2 is 2.46 bits per heavy atom. The van der Waals surface area contributed by atoms with E-state index in [-0.39, 0.29) is 11.8 Å². The van der Waals surface area contributed by atoms with Gasteiger partial charge in [-0.2, -0.15) is 5.10 Å². The summed E-state index contributed by atoms with van der Waals surface area (Å²) in [6.07, 6.45) is 2.50. The summed E-state index contributed by atoms with van der Waals surface area (Å²) < 4.78 is 1.77. The van der Waals surface area contributed by atoms with Crippen LogP contribution in [0.5, 0.6) is 0 Å². The molecule has 0 aromatic carbocycles. The maximum atomic E-state index is 10.9. The van der Waals surface area contributed by atoms with Crippen LogP contribution in [-0.4, -0.2) is 20.9 Å². The summed E-state index contributed by atoms with van der Waals surface area (Å²) in [4.78, 5) is 10.9. The summed E-state index contributed by atoms with van der Waals surface area (Å²) >= 11 is 0. The molecule has 0 bridgehead atoms. The molecule has 0 amide bonds. The highest BCUT2D eigenvalue weighted by Gasteiger charge is 2.37. The van der Waals surface area contributed by atoms with Gasteiger partial charge in [0.2, 0.25) is 0 Å². The van der Waals surface area contributed by atoms with Crippen LogP contribution < -0.4 is 0 Å². The number of carbonyl (C=O) groups is 1. The molecule has 2 rings (SSSR count). The number of carboxylic acid groups (broad SMARTS) is 1. The number of aryl methyl sites for hydroxylation is 1. The van der Waals surface area contributed by atoms with Gasteiger partial charge in [-0.1, -0.05) is 6.92 Å². The van der Waals surface area contributed by atoms with Crippen LogP contribution in [-0.2, 0) is 18.3 Å². The van der Waals surface area contributed by atoms with Crippen molar-refractivity contribution in [3.8, 4) is 0 Å². The Labute approximate surface area is 76.2 Å². The van der Waals surface area contributed by atoms with Crippen molar-refractivity contribution in [1.82, 2.24) is 9.78 Å². The zero-order valence-corrected chi connectivity index (χ0v) is 7.69. The van der Waals surface area contributed by atoms with E-state index in [2.05, 4.69) is 5.10 Å². The molecule has 0 fully saturated rings. The van der Waals surface area contributed by atoms with Gasteiger partial charge >= 0.3 is 5.97 Å². The number of nitrogens with zero attached hydrogens (tertiary/aromatic N) is 2. The maximum absolute atomic E-state index is 10.9. The van der Waals surface area contributed by atoms with E-state index in [4.69, 9.17) is 5.11 Å². The van der Waals surface area contributed by atoms with Crippen molar-refractivity contribution in [2.75, 3.05) is 0 Å². The van der Waals surface area contributed by atoms with Crippen molar-refractivity contribution < 1.29 is 9.90 Å². The molecule has 1 aliphatic carbocycles. The lowest BCUT2D eigenvalue weighted by Gasteiger charge is -2.09. The topological polar surface area (TPSA) is 55.1 Å². The van der Waals surface area contributed by atoms with E-state index < -0.39 is 5.97 Å². The first kappa shape index (κ1) is 8.29. The normalized spacial score (nSPS) is 26.0. The Bertz CT molecular complexity index is 356. The molecule has 0 radical (unpaired) electrons. The molecule has 2 unspecified atom stereocenters. The Hall–Kier alpha value is -1.32. The summed E-state index contributed by atoms with van der Waals surface area (Å²) in [5.74, 6) is -0.903. The number of rotatable bonds is 1. The molecule has 4 nitrogen and oxygen atoms in total. The van der Waals surface area contributed by atoms with E-state index in [0.717, 1.165) is 17.7 Å². The summed E-state index contributed by atoms with van der Waals surface area (Å²) in [5.41, 5.74) is 1.96. The minimum atomic E-state index is -0.737. The van der Waals surface area contributed by atoms with Crippen molar-refractivity contribution in [2.24, 2.45) is 13.0 Å². The fraction of sp³-hybridized carbons (Fsp3) is 0.556. The molecule has 4 heteroatoms. The van der Waals surface area contributed by atoms with Crippen molar-refractivity contribution in [3.63, 3.8) is 0 Å². The molecular weight excluding hydrogens is 168 g/mol. The lowest BCUT2D eigenvalue weighted by atomic mass is 9.95. The van der Waals surface area contributed by atoms with Crippen LogP contribution in [0, 0.1) is 5.92 Å². The third kappa shape index (κ3) is 1.05. The summed E-state index contributed by atoms with van der Waals surface area (Å²) in [6, 6.07) is 0. The minimum absolute atomic E-state index is 0.191. The molecule has 1 aromatic rings. The largest absolute Gasteiger partial charge is 0.481 e. The molecule has 1 aromatic heterocycles. The van der Waals surface area contributed by atoms with Gasteiger partial charge in [0.25, 0.3) is 0 Å². The zero-order valence-electron chi connectivity index (χ0n) is 7.69. The monoisotopic (exact) mass is 180 g/mol. The molecule has 0 aliphatic heterocycles. The first-order valence-electron chi connectivity index (χ1n) is 4.35. The lowest BCUT2D eigenvalue weighted by molar-refractivity contribution is -0.139. The van der Waals surface area contributed by atoms with Gasteiger partial charge in [-0.05, 0) is 12.3 Å². The van der Waals surface area contributed by atoms with Crippen LogP contribution in [0.1, 0.15) is 24.1 Å². The van der Waals surface area contributed by atoms with Crippen LogP contribution in [0.25, 0.3) is 0 Å². The van der Waals surface area contributed by atoms with E-state index in [9.17, 15) is 4.79 Å². The van der Waals surface area contributed by atoms with Crippen molar-refractivity contribution >= 4 is 5.97 Å². The molecule has 1 aliphatic rings. The van der Waals surface area contributed by atoms with E-state index >= 15 is 0 Å². The third-order valence-corrected chi connectivity index (χ3v) is 2.78. The predicted molar refractivity (Wildman–Crippen MR) is 46.5 cm³/mol. The Morgan fingerprint density at radius 1 is 1.77 bits per heavy atom. The average Bonchev–Trinajstić information content (AvgIpc) is 2.51. The molecule has 70 valence electrons. The molecule has 13 heavy (non-hydrogen) atoms. The highest BCUT2D eigenvalue weighted by Crippen LogP contribution is 2.37. The average molecular weight is 180 g/mol. The number of hydrogen-bond donors (Lipinski definition) is 1. The SMILES string of the molecule is CC1Cc2c(cnn2C)C1C(=O)O. The fourth-order valence-electron chi connectivity index (χ4n) is 2.10. The smallest absolute Gasteiger partial charge is 0.311 e. The molecule has 2 atom stereocenters.